The summed E-state index contributed by atoms with van der Waals surface area (Å²) >= 11 is 8.26. The normalized spacial score (nSPS) is 10.9. The van der Waals surface area contributed by atoms with Gasteiger partial charge in [-0.2, -0.15) is 0 Å². The predicted molar refractivity (Wildman–Crippen MR) is 87.3 cm³/mol. The van der Waals surface area contributed by atoms with Crippen LogP contribution in [0.3, 0.4) is 0 Å². The van der Waals surface area contributed by atoms with Gasteiger partial charge in [0.2, 0.25) is 0 Å². The number of H-pyrrole nitrogens is 1. The molecular formula is C12H15N3OS3. The molecule has 2 heterocycles. The average Bonchev–Trinajstić information content (AvgIpc) is 2.62. The van der Waals surface area contributed by atoms with Gasteiger partial charge in [-0.05, 0) is 19.4 Å². The van der Waals surface area contributed by atoms with Crippen LogP contribution < -0.4 is 5.56 Å². The molecule has 19 heavy (non-hydrogen) atoms. The van der Waals surface area contributed by atoms with E-state index in [0.29, 0.717) is 17.0 Å². The molecule has 0 radical (unpaired) electrons. The maximum absolute atomic E-state index is 12.1. The van der Waals surface area contributed by atoms with Gasteiger partial charge in [0.1, 0.15) is 15.0 Å². The number of fused-ring (bicyclic) bond motifs is 1. The molecule has 0 aliphatic heterocycles. The van der Waals surface area contributed by atoms with Crippen LogP contribution in [-0.4, -0.2) is 33.3 Å². The second-order valence-corrected chi connectivity index (χ2v) is 7.24. The summed E-state index contributed by atoms with van der Waals surface area (Å²) in [5.74, 6) is 1.26. The molecule has 102 valence electrons. The lowest BCUT2D eigenvalue weighted by molar-refractivity contribution is 0.648. The topological polar surface area (TPSA) is 49.0 Å². The highest BCUT2D eigenvalue weighted by Crippen LogP contribution is 2.26. The van der Waals surface area contributed by atoms with E-state index in [1.165, 1.54) is 11.8 Å². The van der Waals surface area contributed by atoms with Crippen molar-refractivity contribution in [2.24, 2.45) is 0 Å². The minimum absolute atomic E-state index is 0.0572. The quantitative estimate of drug-likeness (QED) is 0.864. The molecular weight excluding hydrogens is 298 g/mol. The number of hydrogen-bond donors (Lipinski definition) is 1. The van der Waals surface area contributed by atoms with E-state index >= 15 is 0 Å². The van der Waals surface area contributed by atoms with Gasteiger partial charge < -0.3 is 9.88 Å². The Balaban J connectivity index is 2.32. The monoisotopic (exact) mass is 313 g/mol. The van der Waals surface area contributed by atoms with Crippen molar-refractivity contribution >= 4 is 49.9 Å². The van der Waals surface area contributed by atoms with E-state index in [1.54, 1.807) is 11.3 Å². The van der Waals surface area contributed by atoms with E-state index in [1.807, 2.05) is 32.8 Å². The van der Waals surface area contributed by atoms with Gasteiger partial charge >= 0.3 is 0 Å². The standard InChI is InChI=1S/C12H15N3OS3/c1-6-7(2)19-11-9(6)10(16)13-8(14-11)5-18-12(17)15(3)4/h5H2,1-4H3,(H,13,14,16). The number of nitrogens with one attached hydrogen (secondary N) is 1. The number of aromatic amines is 1. The van der Waals surface area contributed by atoms with Gasteiger partial charge in [0.05, 0.1) is 11.1 Å². The van der Waals surface area contributed by atoms with E-state index in [9.17, 15) is 4.79 Å². The smallest absolute Gasteiger partial charge is 0.259 e. The summed E-state index contributed by atoms with van der Waals surface area (Å²) in [5, 5.41) is 0.714. The lowest BCUT2D eigenvalue weighted by atomic mass is 10.2. The van der Waals surface area contributed by atoms with Crippen molar-refractivity contribution in [1.82, 2.24) is 14.9 Å². The van der Waals surface area contributed by atoms with Gasteiger partial charge in [-0.15, -0.1) is 11.3 Å². The average molecular weight is 313 g/mol. The Morgan fingerprint density at radius 1 is 1.47 bits per heavy atom. The van der Waals surface area contributed by atoms with E-state index in [2.05, 4.69) is 9.97 Å². The van der Waals surface area contributed by atoms with Crippen molar-refractivity contribution < 1.29 is 0 Å². The molecule has 1 N–H and O–H groups in total. The molecule has 2 rings (SSSR count). The van der Waals surface area contributed by atoms with Crippen molar-refractivity contribution in [2.75, 3.05) is 14.1 Å². The summed E-state index contributed by atoms with van der Waals surface area (Å²) < 4.78 is 0.779. The number of thioether (sulfide) groups is 1. The number of nitrogens with zero attached hydrogens (tertiary/aromatic N) is 2. The summed E-state index contributed by atoms with van der Waals surface area (Å²) in [4.78, 5) is 23.2. The maximum atomic E-state index is 12.1. The zero-order valence-corrected chi connectivity index (χ0v) is 13.7. The van der Waals surface area contributed by atoms with Crippen LogP contribution in [0, 0.1) is 13.8 Å². The first-order chi connectivity index (χ1) is 8.90. The van der Waals surface area contributed by atoms with Gasteiger partial charge in [0.25, 0.3) is 5.56 Å². The van der Waals surface area contributed by atoms with Crippen LogP contribution >= 0.6 is 35.3 Å². The summed E-state index contributed by atoms with van der Waals surface area (Å²) in [6.07, 6.45) is 0. The fraction of sp³-hybridized carbons (Fsp3) is 0.417. The fourth-order valence-electron chi connectivity index (χ4n) is 1.63. The first-order valence-electron chi connectivity index (χ1n) is 5.73. The number of aryl methyl sites for hydroxylation is 2. The molecule has 0 aromatic carbocycles. The molecule has 0 aliphatic rings. The highest BCUT2D eigenvalue weighted by Gasteiger charge is 2.12. The van der Waals surface area contributed by atoms with Crippen LogP contribution in [0.15, 0.2) is 4.79 Å². The first-order valence-corrected chi connectivity index (χ1v) is 7.94. The van der Waals surface area contributed by atoms with Crippen molar-refractivity contribution in [2.45, 2.75) is 19.6 Å². The van der Waals surface area contributed by atoms with E-state index < -0.39 is 0 Å². The molecule has 0 atom stereocenters. The summed E-state index contributed by atoms with van der Waals surface area (Å²) in [6, 6.07) is 0. The number of thiocarbonyl (C=S) groups is 1. The predicted octanol–water partition coefficient (Wildman–Crippen LogP) is 2.68. The Bertz CT molecular complexity index is 687. The lowest BCUT2D eigenvalue weighted by Crippen LogP contribution is -2.17. The molecule has 0 bridgehead atoms. The highest BCUT2D eigenvalue weighted by atomic mass is 32.2. The van der Waals surface area contributed by atoms with E-state index in [-0.39, 0.29) is 5.56 Å². The third kappa shape index (κ3) is 2.98. The SMILES string of the molecule is Cc1sc2nc(CSC(=S)N(C)C)[nH]c(=O)c2c1C. The second-order valence-electron chi connectivity index (χ2n) is 4.43. The van der Waals surface area contributed by atoms with Crippen LogP contribution in [-0.2, 0) is 5.75 Å². The Kier molecular flexibility index (Phi) is 4.27. The van der Waals surface area contributed by atoms with Crippen LogP contribution in [0.2, 0.25) is 0 Å². The summed E-state index contributed by atoms with van der Waals surface area (Å²) in [7, 11) is 3.81. The molecule has 2 aromatic rings. The number of aromatic nitrogens is 2. The van der Waals surface area contributed by atoms with Gasteiger partial charge in [0.15, 0.2) is 0 Å². The van der Waals surface area contributed by atoms with E-state index in [4.69, 9.17) is 12.2 Å². The zero-order valence-electron chi connectivity index (χ0n) is 11.2. The summed E-state index contributed by atoms with van der Waals surface area (Å²) in [6.45, 7) is 3.97. The Morgan fingerprint density at radius 3 is 2.79 bits per heavy atom. The van der Waals surface area contributed by atoms with Crippen LogP contribution in [0.4, 0.5) is 0 Å². The Labute approximate surface area is 125 Å². The number of rotatable bonds is 2. The molecule has 2 aromatic heterocycles. The molecule has 4 nitrogen and oxygen atoms in total. The van der Waals surface area contributed by atoms with Crippen LogP contribution in [0.5, 0.6) is 0 Å². The highest BCUT2D eigenvalue weighted by molar-refractivity contribution is 8.22. The third-order valence-corrected chi connectivity index (χ3v) is 5.64. The van der Waals surface area contributed by atoms with Crippen LogP contribution in [0.1, 0.15) is 16.3 Å². The molecule has 0 fully saturated rings. The van der Waals surface area contributed by atoms with Crippen molar-refractivity contribution in [3.63, 3.8) is 0 Å². The Morgan fingerprint density at radius 2 is 2.16 bits per heavy atom. The van der Waals surface area contributed by atoms with Gasteiger partial charge in [0, 0.05) is 19.0 Å². The lowest BCUT2D eigenvalue weighted by Gasteiger charge is -2.11. The minimum atomic E-state index is -0.0572. The molecule has 0 amide bonds. The van der Waals surface area contributed by atoms with Crippen molar-refractivity contribution in [1.29, 1.82) is 0 Å². The largest absolute Gasteiger partial charge is 0.364 e. The molecule has 7 heteroatoms. The third-order valence-electron chi connectivity index (χ3n) is 2.79. The minimum Gasteiger partial charge on any atom is -0.364 e. The van der Waals surface area contributed by atoms with Crippen LogP contribution in [0.25, 0.3) is 10.2 Å². The zero-order chi connectivity index (χ0) is 14.2. The summed E-state index contributed by atoms with van der Waals surface area (Å²) in [5.41, 5.74) is 0.968. The van der Waals surface area contributed by atoms with Gasteiger partial charge in [-0.25, -0.2) is 4.98 Å². The van der Waals surface area contributed by atoms with Crippen molar-refractivity contribution in [3.8, 4) is 0 Å². The molecule has 0 spiro atoms. The van der Waals surface area contributed by atoms with Crippen molar-refractivity contribution in [3.05, 3.63) is 26.6 Å². The molecule has 0 saturated heterocycles. The molecule has 0 unspecified atom stereocenters. The first kappa shape index (κ1) is 14.5. The van der Waals surface area contributed by atoms with Gasteiger partial charge in [-0.1, -0.05) is 24.0 Å². The molecule has 0 saturated carbocycles. The number of hydrogen-bond acceptors (Lipinski definition) is 5. The van der Waals surface area contributed by atoms with E-state index in [0.717, 1.165) is 19.6 Å². The van der Waals surface area contributed by atoms with Gasteiger partial charge in [-0.3, -0.25) is 4.79 Å². The second kappa shape index (κ2) is 5.60. The maximum Gasteiger partial charge on any atom is 0.259 e. The molecule has 0 aliphatic carbocycles. The number of thiophene rings is 1. The Hall–Kier alpha value is -0.920. The fourth-order valence-corrected chi connectivity index (χ4v) is 3.51.